The van der Waals surface area contributed by atoms with E-state index in [2.05, 4.69) is 11.1 Å². The topological polar surface area (TPSA) is 63.0 Å². The van der Waals surface area contributed by atoms with Gasteiger partial charge in [-0.25, -0.2) is 9.78 Å². The predicted molar refractivity (Wildman–Crippen MR) is 91.3 cm³/mol. The van der Waals surface area contributed by atoms with E-state index in [-0.39, 0.29) is 11.9 Å². The zero-order valence-electron chi connectivity index (χ0n) is 13.4. The van der Waals surface area contributed by atoms with Crippen LogP contribution in [0.15, 0.2) is 41.4 Å². The van der Waals surface area contributed by atoms with Crippen LogP contribution in [0.5, 0.6) is 0 Å². The molecule has 0 saturated heterocycles. The number of carbonyl (C=O) groups is 1. The number of pyridine rings is 1. The van der Waals surface area contributed by atoms with E-state index in [1.807, 2.05) is 44.2 Å². The van der Waals surface area contributed by atoms with Gasteiger partial charge in [0.2, 0.25) is 0 Å². The molecule has 0 aliphatic heterocycles. The number of hydrogen-bond donors (Lipinski definition) is 0. The first-order chi connectivity index (χ1) is 11.1. The van der Waals surface area contributed by atoms with E-state index in [1.165, 1.54) is 11.8 Å². The van der Waals surface area contributed by atoms with E-state index in [0.29, 0.717) is 21.8 Å². The summed E-state index contributed by atoms with van der Waals surface area (Å²) in [6.07, 6.45) is 0. The Kier molecular flexibility index (Phi) is 5.78. The summed E-state index contributed by atoms with van der Waals surface area (Å²) < 4.78 is 5.12. The Morgan fingerprint density at radius 2 is 2.04 bits per heavy atom. The molecule has 1 aromatic heterocycles. The maximum absolute atomic E-state index is 12.3. The fraction of sp³-hybridized carbons (Fsp3) is 0.278. The van der Waals surface area contributed by atoms with E-state index in [0.717, 1.165) is 5.56 Å². The zero-order chi connectivity index (χ0) is 16.8. The number of carbonyl (C=O) groups excluding carboxylic acids is 1. The summed E-state index contributed by atoms with van der Waals surface area (Å²) in [7, 11) is 0. The maximum Gasteiger partial charge on any atom is 0.340 e. The number of aromatic nitrogens is 1. The molecule has 0 aliphatic carbocycles. The van der Waals surface area contributed by atoms with Gasteiger partial charge >= 0.3 is 5.97 Å². The molecule has 0 amide bonds. The minimum Gasteiger partial charge on any atom is -0.462 e. The second-order valence-electron chi connectivity index (χ2n) is 5.10. The zero-order valence-corrected chi connectivity index (χ0v) is 14.2. The van der Waals surface area contributed by atoms with Crippen LogP contribution in [0.1, 0.15) is 36.7 Å². The molecular weight excluding hydrogens is 308 g/mol. The van der Waals surface area contributed by atoms with Gasteiger partial charge in [-0.1, -0.05) is 44.2 Å². The molecule has 0 atom stereocenters. The first-order valence-corrected chi connectivity index (χ1v) is 8.29. The van der Waals surface area contributed by atoms with Crippen molar-refractivity contribution in [3.63, 3.8) is 0 Å². The van der Waals surface area contributed by atoms with Gasteiger partial charge in [0, 0.05) is 10.8 Å². The molecule has 0 radical (unpaired) electrons. The van der Waals surface area contributed by atoms with E-state index in [1.54, 1.807) is 13.0 Å². The molecule has 0 aliphatic rings. The molecule has 2 rings (SSSR count). The van der Waals surface area contributed by atoms with Gasteiger partial charge in [-0.2, -0.15) is 5.26 Å². The monoisotopic (exact) mass is 326 g/mol. The summed E-state index contributed by atoms with van der Waals surface area (Å²) in [6.45, 7) is 6.10. The minimum atomic E-state index is -0.462. The molecule has 0 bridgehead atoms. The Morgan fingerprint density at radius 3 is 2.61 bits per heavy atom. The van der Waals surface area contributed by atoms with E-state index in [9.17, 15) is 10.1 Å². The highest BCUT2D eigenvalue weighted by Crippen LogP contribution is 2.31. The van der Waals surface area contributed by atoms with Crippen LogP contribution in [-0.4, -0.2) is 22.8 Å². The van der Waals surface area contributed by atoms with Gasteiger partial charge < -0.3 is 4.74 Å². The highest BCUT2D eigenvalue weighted by Gasteiger charge is 2.20. The molecule has 23 heavy (non-hydrogen) atoms. The van der Waals surface area contributed by atoms with Crippen molar-refractivity contribution in [3.05, 3.63) is 47.5 Å². The van der Waals surface area contributed by atoms with Gasteiger partial charge in [0.1, 0.15) is 11.1 Å². The highest BCUT2D eigenvalue weighted by molar-refractivity contribution is 7.99. The largest absolute Gasteiger partial charge is 0.462 e. The molecule has 4 nitrogen and oxygen atoms in total. The van der Waals surface area contributed by atoms with E-state index in [4.69, 9.17) is 4.74 Å². The number of nitriles is 1. The number of hydrogen-bond acceptors (Lipinski definition) is 5. The number of nitrogens with zero attached hydrogens (tertiary/aromatic N) is 2. The number of ether oxygens (including phenoxy) is 1. The Balaban J connectivity index is 2.64. The third kappa shape index (κ3) is 4.11. The molecule has 0 unspecified atom stereocenters. The summed E-state index contributed by atoms with van der Waals surface area (Å²) >= 11 is 1.51. The Bertz CT molecular complexity index is 737. The normalized spacial score (nSPS) is 10.4. The van der Waals surface area contributed by atoms with Crippen molar-refractivity contribution in [2.24, 2.45) is 0 Å². The highest BCUT2D eigenvalue weighted by atomic mass is 32.2. The van der Waals surface area contributed by atoms with Crippen molar-refractivity contribution >= 4 is 17.7 Å². The average Bonchev–Trinajstić information content (AvgIpc) is 2.55. The van der Waals surface area contributed by atoms with E-state index < -0.39 is 5.97 Å². The molecule has 118 valence electrons. The minimum absolute atomic E-state index is 0.275. The lowest BCUT2D eigenvalue weighted by molar-refractivity contribution is 0.0526. The van der Waals surface area contributed by atoms with Crippen molar-refractivity contribution in [2.75, 3.05) is 6.61 Å². The first kappa shape index (κ1) is 17.0. The molecule has 2 aromatic rings. The van der Waals surface area contributed by atoms with Crippen LogP contribution in [0, 0.1) is 11.3 Å². The van der Waals surface area contributed by atoms with Crippen LogP contribution in [0.4, 0.5) is 0 Å². The third-order valence-corrected chi connectivity index (χ3v) is 4.00. The fourth-order valence-electron chi connectivity index (χ4n) is 2.07. The molecular formula is C18H18N2O2S. The number of rotatable bonds is 5. The SMILES string of the molecule is CCOC(=O)c1cc(C#N)c(SC(C)C)nc1-c1ccccc1. The lowest BCUT2D eigenvalue weighted by Crippen LogP contribution is -2.09. The van der Waals surface area contributed by atoms with Gasteiger partial charge in [0.25, 0.3) is 0 Å². The standard InChI is InChI=1S/C18H18N2O2S/c1-4-22-18(21)15-10-14(11-19)17(23-12(2)3)20-16(15)13-8-6-5-7-9-13/h5-10,12H,4H2,1-3H3. The van der Waals surface area contributed by atoms with Crippen molar-refractivity contribution in [3.8, 4) is 17.3 Å². The number of esters is 1. The van der Waals surface area contributed by atoms with Crippen LogP contribution in [0.3, 0.4) is 0 Å². The lowest BCUT2D eigenvalue weighted by atomic mass is 10.0. The summed E-state index contributed by atoms with van der Waals surface area (Å²) in [5.41, 5.74) is 2.09. The van der Waals surface area contributed by atoms with Gasteiger partial charge in [-0.15, -0.1) is 11.8 Å². The summed E-state index contributed by atoms with van der Waals surface area (Å²) in [6, 6.07) is 13.2. The lowest BCUT2D eigenvalue weighted by Gasteiger charge is -2.13. The van der Waals surface area contributed by atoms with Gasteiger partial charge in [-0.05, 0) is 13.0 Å². The van der Waals surface area contributed by atoms with Crippen LogP contribution in [0.2, 0.25) is 0 Å². The van der Waals surface area contributed by atoms with Crippen LogP contribution in [-0.2, 0) is 4.74 Å². The number of benzene rings is 1. The molecule has 5 heteroatoms. The summed E-state index contributed by atoms with van der Waals surface area (Å²) in [5, 5.41) is 10.3. The molecule has 1 heterocycles. The quantitative estimate of drug-likeness (QED) is 0.605. The molecule has 0 spiro atoms. The van der Waals surface area contributed by atoms with Crippen molar-refractivity contribution < 1.29 is 9.53 Å². The summed E-state index contributed by atoms with van der Waals surface area (Å²) in [5.74, 6) is -0.462. The van der Waals surface area contributed by atoms with Gasteiger partial charge in [0.15, 0.2) is 0 Å². The smallest absolute Gasteiger partial charge is 0.340 e. The fourth-order valence-corrected chi connectivity index (χ4v) is 2.89. The molecule has 1 aromatic carbocycles. The first-order valence-electron chi connectivity index (χ1n) is 7.41. The second kappa shape index (κ2) is 7.80. The molecule has 0 saturated carbocycles. The van der Waals surface area contributed by atoms with Gasteiger partial charge in [-0.3, -0.25) is 0 Å². The van der Waals surface area contributed by atoms with E-state index >= 15 is 0 Å². The Hall–Kier alpha value is -2.32. The van der Waals surface area contributed by atoms with Crippen molar-refractivity contribution in [1.82, 2.24) is 4.98 Å². The summed E-state index contributed by atoms with van der Waals surface area (Å²) in [4.78, 5) is 16.9. The molecule has 0 fully saturated rings. The maximum atomic E-state index is 12.3. The third-order valence-electron chi connectivity index (χ3n) is 3.00. The van der Waals surface area contributed by atoms with Crippen LogP contribution >= 0.6 is 11.8 Å². The van der Waals surface area contributed by atoms with Crippen molar-refractivity contribution in [2.45, 2.75) is 31.0 Å². The average molecular weight is 326 g/mol. The van der Waals surface area contributed by atoms with Crippen LogP contribution < -0.4 is 0 Å². The Morgan fingerprint density at radius 1 is 1.35 bits per heavy atom. The Labute approximate surface area is 140 Å². The molecule has 0 N–H and O–H groups in total. The number of thioether (sulfide) groups is 1. The predicted octanol–water partition coefficient (Wildman–Crippen LogP) is 4.30. The second-order valence-corrected chi connectivity index (χ2v) is 6.67. The van der Waals surface area contributed by atoms with Gasteiger partial charge in [0.05, 0.1) is 23.4 Å². The van der Waals surface area contributed by atoms with Crippen molar-refractivity contribution in [1.29, 1.82) is 5.26 Å². The van der Waals surface area contributed by atoms with Crippen LogP contribution in [0.25, 0.3) is 11.3 Å².